The SMILES string of the molecule is CC(C)S(=O)(=O)c1ccc(C#N)cc1N. The number of nitrogens with two attached hydrogens (primary N) is 1. The maximum absolute atomic E-state index is 11.8. The van der Waals surface area contributed by atoms with Crippen molar-refractivity contribution in [1.29, 1.82) is 5.26 Å². The zero-order valence-corrected chi connectivity index (χ0v) is 9.38. The van der Waals surface area contributed by atoms with Gasteiger partial charge in [0.2, 0.25) is 0 Å². The van der Waals surface area contributed by atoms with Gasteiger partial charge in [0.15, 0.2) is 9.84 Å². The Morgan fingerprint density at radius 1 is 1.40 bits per heavy atom. The molecule has 0 aromatic heterocycles. The second-order valence-electron chi connectivity index (χ2n) is 3.46. The minimum absolute atomic E-state index is 0.0940. The number of rotatable bonds is 2. The van der Waals surface area contributed by atoms with Crippen molar-refractivity contribution in [2.75, 3.05) is 5.73 Å². The van der Waals surface area contributed by atoms with Crippen LogP contribution in [0.4, 0.5) is 5.69 Å². The Morgan fingerprint density at radius 3 is 2.40 bits per heavy atom. The first-order chi connectivity index (χ1) is 6.89. The van der Waals surface area contributed by atoms with E-state index in [1.54, 1.807) is 13.8 Å². The second kappa shape index (κ2) is 3.91. The van der Waals surface area contributed by atoms with E-state index in [1.807, 2.05) is 6.07 Å². The first kappa shape index (κ1) is 11.5. The van der Waals surface area contributed by atoms with Crippen molar-refractivity contribution < 1.29 is 8.42 Å². The van der Waals surface area contributed by atoms with E-state index >= 15 is 0 Å². The van der Waals surface area contributed by atoms with Gasteiger partial charge in [0.05, 0.1) is 27.5 Å². The zero-order valence-electron chi connectivity index (χ0n) is 8.56. The van der Waals surface area contributed by atoms with E-state index in [-0.39, 0.29) is 10.6 Å². The van der Waals surface area contributed by atoms with Crippen molar-refractivity contribution in [3.63, 3.8) is 0 Å². The second-order valence-corrected chi connectivity index (χ2v) is 5.93. The van der Waals surface area contributed by atoms with Gasteiger partial charge in [-0.05, 0) is 32.0 Å². The molecule has 4 nitrogen and oxygen atoms in total. The fourth-order valence-electron chi connectivity index (χ4n) is 1.13. The summed E-state index contributed by atoms with van der Waals surface area (Å²) in [6, 6.07) is 6.10. The van der Waals surface area contributed by atoms with Gasteiger partial charge in [0.25, 0.3) is 0 Å². The lowest BCUT2D eigenvalue weighted by Crippen LogP contribution is -2.15. The van der Waals surface area contributed by atoms with Crippen LogP contribution in [-0.4, -0.2) is 13.7 Å². The summed E-state index contributed by atoms with van der Waals surface area (Å²) in [5, 5.41) is 8.09. The Labute approximate surface area is 89.2 Å². The van der Waals surface area contributed by atoms with Gasteiger partial charge in [0.1, 0.15) is 0 Å². The topological polar surface area (TPSA) is 84.0 Å². The van der Waals surface area contributed by atoms with Crippen molar-refractivity contribution >= 4 is 15.5 Å². The molecule has 0 spiro atoms. The molecule has 1 aromatic carbocycles. The molecular weight excluding hydrogens is 212 g/mol. The largest absolute Gasteiger partial charge is 0.398 e. The van der Waals surface area contributed by atoms with Crippen LogP contribution < -0.4 is 5.73 Å². The molecule has 1 aromatic rings. The number of nitrogen functional groups attached to an aromatic ring is 1. The lowest BCUT2D eigenvalue weighted by atomic mass is 10.2. The summed E-state index contributed by atoms with van der Waals surface area (Å²) in [5.41, 5.74) is 6.07. The van der Waals surface area contributed by atoms with Crippen molar-refractivity contribution in [3.8, 4) is 6.07 Å². The highest BCUT2D eigenvalue weighted by Gasteiger charge is 2.21. The van der Waals surface area contributed by atoms with Gasteiger partial charge in [0, 0.05) is 0 Å². The molecule has 15 heavy (non-hydrogen) atoms. The predicted octanol–water partition coefficient (Wildman–Crippen LogP) is 1.32. The highest BCUT2D eigenvalue weighted by Crippen LogP contribution is 2.23. The number of anilines is 1. The molecule has 0 saturated heterocycles. The van der Waals surface area contributed by atoms with Gasteiger partial charge in [-0.1, -0.05) is 0 Å². The van der Waals surface area contributed by atoms with Crippen LogP contribution in [0.15, 0.2) is 23.1 Å². The molecule has 0 fully saturated rings. The van der Waals surface area contributed by atoms with Gasteiger partial charge in [-0.3, -0.25) is 0 Å². The molecule has 0 aliphatic heterocycles. The monoisotopic (exact) mass is 224 g/mol. The van der Waals surface area contributed by atoms with Gasteiger partial charge in [-0.15, -0.1) is 0 Å². The van der Waals surface area contributed by atoms with Crippen LogP contribution in [0.5, 0.6) is 0 Å². The van der Waals surface area contributed by atoms with Crippen LogP contribution in [0.25, 0.3) is 0 Å². The Bertz CT molecular complexity index is 513. The summed E-state index contributed by atoms with van der Waals surface area (Å²) >= 11 is 0. The number of hydrogen-bond donors (Lipinski definition) is 1. The average molecular weight is 224 g/mol. The quantitative estimate of drug-likeness (QED) is 0.768. The molecule has 0 aliphatic rings. The summed E-state index contributed by atoms with van der Waals surface area (Å²) in [6.45, 7) is 3.18. The third-order valence-corrected chi connectivity index (χ3v) is 4.29. The lowest BCUT2D eigenvalue weighted by Gasteiger charge is -2.10. The van der Waals surface area contributed by atoms with Gasteiger partial charge < -0.3 is 5.73 Å². The number of benzene rings is 1. The van der Waals surface area contributed by atoms with Gasteiger partial charge in [-0.2, -0.15) is 5.26 Å². The Morgan fingerprint density at radius 2 is 2.00 bits per heavy atom. The summed E-state index contributed by atoms with van der Waals surface area (Å²) in [6.07, 6.45) is 0. The normalized spacial score (nSPS) is 11.3. The predicted molar refractivity (Wildman–Crippen MR) is 57.9 cm³/mol. The van der Waals surface area contributed by atoms with Crippen molar-refractivity contribution in [2.45, 2.75) is 24.0 Å². The highest BCUT2D eigenvalue weighted by molar-refractivity contribution is 7.92. The van der Waals surface area contributed by atoms with E-state index < -0.39 is 15.1 Å². The molecule has 0 bridgehead atoms. The average Bonchev–Trinajstić information content (AvgIpc) is 2.16. The fraction of sp³-hybridized carbons (Fsp3) is 0.300. The van der Waals surface area contributed by atoms with Crippen LogP contribution in [-0.2, 0) is 9.84 Å². The van der Waals surface area contributed by atoms with Gasteiger partial charge >= 0.3 is 0 Å². The molecule has 0 atom stereocenters. The Balaban J connectivity index is 3.37. The summed E-state index contributed by atoms with van der Waals surface area (Å²) in [7, 11) is -3.37. The van der Waals surface area contributed by atoms with Crippen molar-refractivity contribution in [1.82, 2.24) is 0 Å². The molecule has 0 unspecified atom stereocenters. The molecular formula is C10H12N2O2S. The van der Waals surface area contributed by atoms with Crippen molar-refractivity contribution in [3.05, 3.63) is 23.8 Å². The number of sulfone groups is 1. The van der Waals surface area contributed by atoms with Crippen LogP contribution in [0, 0.1) is 11.3 Å². The fourth-order valence-corrected chi connectivity index (χ4v) is 2.28. The standard InChI is InChI=1S/C10H12N2O2S/c1-7(2)15(13,14)10-4-3-8(6-11)5-9(10)12/h3-5,7H,12H2,1-2H3. The molecule has 0 saturated carbocycles. The van der Waals surface area contributed by atoms with Crippen LogP contribution >= 0.6 is 0 Å². The van der Waals surface area contributed by atoms with Crippen molar-refractivity contribution in [2.24, 2.45) is 0 Å². The summed E-state index contributed by atoms with van der Waals surface area (Å²) in [4.78, 5) is 0.0940. The summed E-state index contributed by atoms with van der Waals surface area (Å²) in [5.74, 6) is 0. The molecule has 0 heterocycles. The molecule has 1 rings (SSSR count). The first-order valence-corrected chi connectivity index (χ1v) is 5.97. The highest BCUT2D eigenvalue weighted by atomic mass is 32.2. The van der Waals surface area contributed by atoms with E-state index in [9.17, 15) is 8.42 Å². The van der Waals surface area contributed by atoms with E-state index in [2.05, 4.69) is 0 Å². The molecule has 5 heteroatoms. The summed E-state index contributed by atoms with van der Waals surface area (Å²) < 4.78 is 23.6. The first-order valence-electron chi connectivity index (χ1n) is 4.43. The Hall–Kier alpha value is -1.54. The van der Waals surface area contributed by atoms with Gasteiger partial charge in [-0.25, -0.2) is 8.42 Å². The number of nitrogens with zero attached hydrogens (tertiary/aromatic N) is 1. The molecule has 80 valence electrons. The van der Waals surface area contributed by atoms with Crippen LogP contribution in [0.1, 0.15) is 19.4 Å². The molecule has 0 amide bonds. The molecule has 2 N–H and O–H groups in total. The number of hydrogen-bond acceptors (Lipinski definition) is 4. The third kappa shape index (κ3) is 2.10. The van der Waals surface area contributed by atoms with E-state index in [1.165, 1.54) is 18.2 Å². The Kier molecular flexibility index (Phi) is 3.01. The maximum Gasteiger partial charge on any atom is 0.182 e. The zero-order chi connectivity index (χ0) is 11.6. The minimum Gasteiger partial charge on any atom is -0.398 e. The molecule has 0 aliphatic carbocycles. The van der Waals surface area contributed by atoms with E-state index in [0.29, 0.717) is 5.56 Å². The maximum atomic E-state index is 11.8. The lowest BCUT2D eigenvalue weighted by molar-refractivity contribution is 0.588. The van der Waals surface area contributed by atoms with E-state index in [4.69, 9.17) is 11.0 Å². The molecule has 0 radical (unpaired) electrons. The van der Waals surface area contributed by atoms with Crippen LogP contribution in [0.3, 0.4) is 0 Å². The van der Waals surface area contributed by atoms with Crippen LogP contribution in [0.2, 0.25) is 0 Å². The third-order valence-electron chi connectivity index (χ3n) is 2.07. The minimum atomic E-state index is -3.37. The number of nitriles is 1. The van der Waals surface area contributed by atoms with E-state index in [0.717, 1.165) is 0 Å². The smallest absolute Gasteiger partial charge is 0.182 e.